The zero-order valence-corrected chi connectivity index (χ0v) is 25.7. The molecule has 0 bridgehead atoms. The Kier molecular flexibility index (Phi) is 9.38. The van der Waals surface area contributed by atoms with E-state index in [1.165, 1.54) is 24.3 Å². The molecule has 3 N–H and O–H groups in total. The van der Waals surface area contributed by atoms with Gasteiger partial charge in [0.25, 0.3) is 10.0 Å². The lowest BCUT2D eigenvalue weighted by molar-refractivity contribution is 0.379. The van der Waals surface area contributed by atoms with Gasteiger partial charge in [0.05, 0.1) is 15.9 Å². The molecular formula is C33H34N2O7S2. The molecule has 0 spiro atoms. The summed E-state index contributed by atoms with van der Waals surface area (Å²) in [6, 6.07) is 25.2. The highest BCUT2D eigenvalue weighted by atomic mass is 32.2. The van der Waals surface area contributed by atoms with Gasteiger partial charge in [0, 0.05) is 30.1 Å². The van der Waals surface area contributed by atoms with Crippen molar-refractivity contribution in [2.75, 3.05) is 11.3 Å². The molecule has 0 saturated heterocycles. The molecule has 1 fully saturated rings. The summed E-state index contributed by atoms with van der Waals surface area (Å²) in [5.41, 5.74) is 1.11. The second kappa shape index (κ2) is 13.2. The molecule has 0 radical (unpaired) electrons. The summed E-state index contributed by atoms with van der Waals surface area (Å²) in [7, 11) is -7.60. The van der Waals surface area contributed by atoms with E-state index in [1.807, 2.05) is 25.1 Å². The second-order valence-corrected chi connectivity index (χ2v) is 14.1. The van der Waals surface area contributed by atoms with Crippen molar-refractivity contribution in [2.24, 2.45) is 5.92 Å². The molecule has 1 heterocycles. The van der Waals surface area contributed by atoms with Gasteiger partial charge < -0.3 is 9.52 Å². The average molecular weight is 635 g/mol. The maximum atomic E-state index is 13.4. The van der Waals surface area contributed by atoms with Gasteiger partial charge in [-0.05, 0) is 66.6 Å². The molecule has 4 aromatic rings. The molecule has 44 heavy (non-hydrogen) atoms. The number of benzene rings is 3. The molecule has 1 aromatic heterocycles. The van der Waals surface area contributed by atoms with Gasteiger partial charge >= 0.3 is 5.63 Å². The Hall–Kier alpha value is -4.19. The Morgan fingerprint density at radius 2 is 1.61 bits per heavy atom. The van der Waals surface area contributed by atoms with Gasteiger partial charge in [-0.3, -0.25) is 4.72 Å². The lowest BCUT2D eigenvalue weighted by atomic mass is 9.87. The summed E-state index contributed by atoms with van der Waals surface area (Å²) in [4.78, 5) is 13.5. The molecule has 0 amide bonds. The fourth-order valence-corrected chi connectivity index (χ4v) is 7.13. The Balaban J connectivity index is 1.37. The number of nitrogens with one attached hydrogen (secondary N) is 2. The summed E-state index contributed by atoms with van der Waals surface area (Å²) in [5, 5.41) is 12.2. The van der Waals surface area contributed by atoms with E-state index < -0.39 is 37.5 Å². The molecule has 2 unspecified atom stereocenters. The van der Waals surface area contributed by atoms with Crippen molar-refractivity contribution in [1.82, 2.24) is 4.72 Å². The maximum Gasteiger partial charge on any atom is 0.343 e. The molecule has 230 valence electrons. The maximum absolute atomic E-state index is 13.4. The van der Waals surface area contributed by atoms with E-state index in [0.717, 1.165) is 23.8 Å². The summed E-state index contributed by atoms with van der Waals surface area (Å²) in [6.07, 6.45) is 3.62. The summed E-state index contributed by atoms with van der Waals surface area (Å²) in [5.74, 6) is -1.01. The predicted octanol–water partition coefficient (Wildman–Crippen LogP) is 5.77. The van der Waals surface area contributed by atoms with Crippen LogP contribution in [-0.2, 0) is 20.0 Å². The molecule has 1 aliphatic carbocycles. The number of hydrogen-bond donors (Lipinski definition) is 3. The van der Waals surface area contributed by atoms with Gasteiger partial charge in [-0.15, -0.1) is 0 Å². The van der Waals surface area contributed by atoms with Crippen LogP contribution in [0.4, 0.5) is 5.69 Å². The lowest BCUT2D eigenvalue weighted by Gasteiger charge is -2.20. The van der Waals surface area contributed by atoms with Crippen molar-refractivity contribution in [3.63, 3.8) is 0 Å². The zero-order chi connectivity index (χ0) is 31.3. The molecule has 1 aliphatic rings. The van der Waals surface area contributed by atoms with Crippen molar-refractivity contribution < 1.29 is 26.4 Å². The first-order valence-electron chi connectivity index (χ1n) is 14.3. The monoisotopic (exact) mass is 634 g/mol. The van der Waals surface area contributed by atoms with Gasteiger partial charge in [-0.1, -0.05) is 67.6 Å². The van der Waals surface area contributed by atoms with E-state index in [0.29, 0.717) is 17.7 Å². The highest BCUT2D eigenvalue weighted by molar-refractivity contribution is 7.95. The number of sulfonamides is 2. The van der Waals surface area contributed by atoms with Crippen LogP contribution in [0.25, 0.3) is 6.08 Å². The van der Waals surface area contributed by atoms with Crippen LogP contribution in [-0.4, -0.2) is 28.5 Å². The number of hydrogen-bond acceptors (Lipinski definition) is 7. The topological polar surface area (TPSA) is 143 Å². The van der Waals surface area contributed by atoms with Gasteiger partial charge in [0.1, 0.15) is 11.5 Å². The van der Waals surface area contributed by atoms with Crippen LogP contribution < -0.4 is 15.1 Å². The van der Waals surface area contributed by atoms with Crippen molar-refractivity contribution in [3.8, 4) is 5.75 Å². The van der Waals surface area contributed by atoms with Gasteiger partial charge in [-0.2, -0.15) is 0 Å². The van der Waals surface area contributed by atoms with E-state index in [9.17, 15) is 26.7 Å². The van der Waals surface area contributed by atoms with Gasteiger partial charge in [0.15, 0.2) is 0 Å². The third-order valence-electron chi connectivity index (χ3n) is 7.60. The molecule has 9 nitrogen and oxygen atoms in total. The fourth-order valence-electron chi connectivity index (χ4n) is 5.17. The molecule has 2 atom stereocenters. The van der Waals surface area contributed by atoms with E-state index in [-0.39, 0.29) is 34.4 Å². The minimum Gasteiger partial charge on any atom is -0.507 e. The van der Waals surface area contributed by atoms with E-state index in [1.54, 1.807) is 54.6 Å². The minimum absolute atomic E-state index is 0.0254. The average Bonchev–Trinajstić information content (AvgIpc) is 3.84. The quantitative estimate of drug-likeness (QED) is 0.169. The van der Waals surface area contributed by atoms with Crippen molar-refractivity contribution in [2.45, 2.75) is 42.9 Å². The van der Waals surface area contributed by atoms with Crippen LogP contribution in [0.2, 0.25) is 0 Å². The van der Waals surface area contributed by atoms with Crippen molar-refractivity contribution in [1.29, 1.82) is 0 Å². The van der Waals surface area contributed by atoms with Gasteiger partial charge in [-0.25, -0.2) is 26.4 Å². The summed E-state index contributed by atoms with van der Waals surface area (Å²) >= 11 is 0. The minimum atomic E-state index is -3.82. The second-order valence-electron chi connectivity index (χ2n) is 10.8. The predicted molar refractivity (Wildman–Crippen MR) is 170 cm³/mol. The number of rotatable bonds is 13. The molecule has 5 rings (SSSR count). The summed E-state index contributed by atoms with van der Waals surface area (Å²) < 4.78 is 61.8. The molecule has 1 saturated carbocycles. The first kappa shape index (κ1) is 31.2. The zero-order valence-electron chi connectivity index (χ0n) is 24.1. The normalized spacial score (nSPS) is 15.2. The Morgan fingerprint density at radius 1 is 0.932 bits per heavy atom. The summed E-state index contributed by atoms with van der Waals surface area (Å²) in [6.45, 7) is 1.81. The Labute approximate surface area is 257 Å². The van der Waals surface area contributed by atoms with E-state index >= 15 is 0 Å². The standard InChI is InChI=1S/C33H34N2O7S2/c1-2-24(22-34-44(40,41)28-14-7-4-8-15-28)30-21-29(36)32(33(37)42-30)31(25-16-17-25)26-12-9-13-27(20-26)35-43(38,39)19-18-23-10-5-3-6-11-23/h3-15,18-21,24-25,31,34-36H,2,16-17,22H2,1H3/b19-18+. The van der Waals surface area contributed by atoms with Crippen LogP contribution in [0.15, 0.2) is 111 Å². The van der Waals surface area contributed by atoms with Crippen LogP contribution in [0.3, 0.4) is 0 Å². The largest absolute Gasteiger partial charge is 0.507 e. The highest BCUT2D eigenvalue weighted by Crippen LogP contribution is 2.48. The fraction of sp³-hybridized carbons (Fsp3) is 0.242. The first-order chi connectivity index (χ1) is 21.1. The smallest absolute Gasteiger partial charge is 0.343 e. The molecular weight excluding hydrogens is 601 g/mol. The number of aromatic hydroxyl groups is 1. The van der Waals surface area contributed by atoms with Crippen LogP contribution >= 0.6 is 0 Å². The van der Waals surface area contributed by atoms with Crippen molar-refractivity contribution >= 4 is 31.8 Å². The lowest BCUT2D eigenvalue weighted by Crippen LogP contribution is -2.29. The Morgan fingerprint density at radius 3 is 2.25 bits per heavy atom. The first-order valence-corrected chi connectivity index (χ1v) is 17.4. The van der Waals surface area contributed by atoms with Gasteiger partial charge in [0.2, 0.25) is 10.0 Å². The molecule has 3 aromatic carbocycles. The van der Waals surface area contributed by atoms with Crippen LogP contribution in [0.5, 0.6) is 5.75 Å². The SMILES string of the molecule is CCC(CNS(=O)(=O)c1ccccc1)c1cc(O)c(C(c2cccc(NS(=O)(=O)/C=C/c3ccccc3)c2)C2CC2)c(=O)o1. The van der Waals surface area contributed by atoms with E-state index in [4.69, 9.17) is 4.42 Å². The third-order valence-corrected chi connectivity index (χ3v) is 10.1. The Bertz CT molecular complexity index is 1900. The third kappa shape index (κ3) is 7.65. The number of anilines is 1. The molecule has 11 heteroatoms. The van der Waals surface area contributed by atoms with Crippen LogP contribution in [0.1, 0.15) is 60.5 Å². The molecule has 0 aliphatic heterocycles. The van der Waals surface area contributed by atoms with E-state index in [2.05, 4.69) is 9.44 Å². The van der Waals surface area contributed by atoms with Crippen molar-refractivity contribution in [3.05, 3.63) is 129 Å². The van der Waals surface area contributed by atoms with Crippen LogP contribution in [0, 0.1) is 5.92 Å². The highest BCUT2D eigenvalue weighted by Gasteiger charge is 2.38.